The lowest BCUT2D eigenvalue weighted by Gasteiger charge is -2.27. The molecule has 120 valence electrons. The summed E-state index contributed by atoms with van der Waals surface area (Å²) in [6, 6.07) is 0. The van der Waals surface area contributed by atoms with Gasteiger partial charge in [0.2, 0.25) is 0 Å². The highest BCUT2D eigenvalue weighted by atomic mass is 16.5. The molecule has 0 bridgehead atoms. The van der Waals surface area contributed by atoms with Gasteiger partial charge in [-0.1, -0.05) is 39.0 Å². The highest BCUT2D eigenvalue weighted by molar-refractivity contribution is 5.56. The van der Waals surface area contributed by atoms with E-state index >= 15 is 0 Å². The fourth-order valence-corrected chi connectivity index (χ4v) is 1.91. The highest BCUT2D eigenvalue weighted by Crippen LogP contribution is 2.11. The van der Waals surface area contributed by atoms with Crippen LogP contribution in [0.25, 0.3) is 0 Å². The Balaban J connectivity index is 4.02. The summed E-state index contributed by atoms with van der Waals surface area (Å²) in [5.41, 5.74) is 0. The van der Waals surface area contributed by atoms with Crippen LogP contribution in [0.15, 0.2) is 0 Å². The van der Waals surface area contributed by atoms with Gasteiger partial charge < -0.3 is 30.0 Å². The number of carbonyl (C=O) groups is 1. The number of rotatable bonds is 13. The lowest BCUT2D eigenvalue weighted by Crippen LogP contribution is -2.48. The first kappa shape index (κ1) is 19.5. The molecule has 0 amide bonds. The fraction of sp³-hybridized carbons (Fsp3) is 0.929. The average molecular weight is 292 g/mol. The standard InChI is InChI=1S/C14H28O6/c1-2-3-4-5-6-7-8-20-14(12(18)10-16)13(19)11(17)9-15/h10-15,17-19H,2-9H2,1H3. The Morgan fingerprint density at radius 1 is 1.05 bits per heavy atom. The quantitative estimate of drug-likeness (QED) is 0.281. The first-order valence-electron chi connectivity index (χ1n) is 7.30. The molecule has 20 heavy (non-hydrogen) atoms. The minimum Gasteiger partial charge on any atom is -0.394 e. The third-order valence-electron chi connectivity index (χ3n) is 3.20. The van der Waals surface area contributed by atoms with Crippen LogP contribution in [0.4, 0.5) is 0 Å². The number of unbranched alkanes of at least 4 members (excludes halogenated alkanes) is 5. The SMILES string of the molecule is CCCCCCCCOC(C(O)C=O)C(O)C(O)CO. The third-order valence-corrected chi connectivity index (χ3v) is 3.20. The highest BCUT2D eigenvalue weighted by Gasteiger charge is 2.32. The number of carbonyl (C=O) groups excluding carboxylic acids is 1. The predicted octanol–water partition coefficient (Wildman–Crippen LogP) is 0.00600. The van der Waals surface area contributed by atoms with Gasteiger partial charge >= 0.3 is 0 Å². The van der Waals surface area contributed by atoms with Gasteiger partial charge in [0.1, 0.15) is 24.4 Å². The summed E-state index contributed by atoms with van der Waals surface area (Å²) in [5.74, 6) is 0. The fourth-order valence-electron chi connectivity index (χ4n) is 1.91. The molecule has 0 aromatic rings. The van der Waals surface area contributed by atoms with Gasteiger partial charge in [-0.2, -0.15) is 0 Å². The molecule has 0 saturated heterocycles. The van der Waals surface area contributed by atoms with Gasteiger partial charge in [-0.25, -0.2) is 0 Å². The van der Waals surface area contributed by atoms with E-state index in [4.69, 9.17) is 9.84 Å². The van der Waals surface area contributed by atoms with E-state index in [-0.39, 0.29) is 12.9 Å². The molecular weight excluding hydrogens is 264 g/mol. The summed E-state index contributed by atoms with van der Waals surface area (Å²) < 4.78 is 5.28. The summed E-state index contributed by atoms with van der Waals surface area (Å²) in [4.78, 5) is 10.6. The molecule has 6 heteroatoms. The van der Waals surface area contributed by atoms with Crippen molar-refractivity contribution >= 4 is 6.29 Å². The Labute approximate surface area is 120 Å². The van der Waals surface area contributed by atoms with E-state index in [9.17, 15) is 20.1 Å². The summed E-state index contributed by atoms with van der Waals surface area (Å²) in [6.07, 6.45) is 0.943. The van der Waals surface area contributed by atoms with Crippen molar-refractivity contribution in [1.82, 2.24) is 0 Å². The van der Waals surface area contributed by atoms with Crippen molar-refractivity contribution in [2.24, 2.45) is 0 Å². The molecule has 0 radical (unpaired) electrons. The van der Waals surface area contributed by atoms with Crippen molar-refractivity contribution < 1.29 is 30.0 Å². The van der Waals surface area contributed by atoms with Crippen molar-refractivity contribution in [3.8, 4) is 0 Å². The van der Waals surface area contributed by atoms with E-state index in [2.05, 4.69) is 6.92 Å². The van der Waals surface area contributed by atoms with Crippen molar-refractivity contribution in [3.05, 3.63) is 0 Å². The van der Waals surface area contributed by atoms with E-state index < -0.39 is 31.0 Å². The van der Waals surface area contributed by atoms with Crippen LogP contribution < -0.4 is 0 Å². The Hall–Kier alpha value is -0.530. The molecule has 0 aliphatic heterocycles. The monoisotopic (exact) mass is 292 g/mol. The van der Waals surface area contributed by atoms with Crippen molar-refractivity contribution in [2.45, 2.75) is 69.9 Å². The molecular formula is C14H28O6. The minimum atomic E-state index is -1.52. The molecule has 0 heterocycles. The summed E-state index contributed by atoms with van der Waals surface area (Å²) in [5, 5.41) is 37.3. The van der Waals surface area contributed by atoms with Gasteiger partial charge in [-0.15, -0.1) is 0 Å². The smallest absolute Gasteiger partial charge is 0.151 e. The van der Waals surface area contributed by atoms with E-state index in [0.717, 1.165) is 19.3 Å². The second kappa shape index (κ2) is 12.2. The van der Waals surface area contributed by atoms with Crippen LogP contribution in [0.1, 0.15) is 45.4 Å². The predicted molar refractivity (Wildman–Crippen MR) is 74.3 cm³/mol. The zero-order valence-corrected chi connectivity index (χ0v) is 12.1. The maximum absolute atomic E-state index is 10.6. The molecule has 0 aromatic carbocycles. The largest absolute Gasteiger partial charge is 0.394 e. The Morgan fingerprint density at radius 3 is 2.20 bits per heavy atom. The van der Waals surface area contributed by atoms with E-state index in [1.165, 1.54) is 19.3 Å². The van der Waals surface area contributed by atoms with Gasteiger partial charge in [0.05, 0.1) is 6.61 Å². The van der Waals surface area contributed by atoms with Crippen LogP contribution in [-0.4, -0.2) is 64.3 Å². The van der Waals surface area contributed by atoms with Crippen LogP contribution in [0, 0.1) is 0 Å². The Morgan fingerprint density at radius 2 is 1.65 bits per heavy atom. The van der Waals surface area contributed by atoms with Crippen LogP contribution in [0.5, 0.6) is 0 Å². The van der Waals surface area contributed by atoms with Crippen LogP contribution in [-0.2, 0) is 9.53 Å². The van der Waals surface area contributed by atoms with Crippen molar-refractivity contribution in [2.75, 3.05) is 13.2 Å². The first-order chi connectivity index (χ1) is 9.58. The molecule has 0 fully saturated rings. The summed E-state index contributed by atoms with van der Waals surface area (Å²) in [7, 11) is 0. The number of aliphatic hydroxyl groups excluding tert-OH is 4. The van der Waals surface area contributed by atoms with Gasteiger partial charge in [0.25, 0.3) is 0 Å². The van der Waals surface area contributed by atoms with E-state index in [1.807, 2.05) is 0 Å². The maximum Gasteiger partial charge on any atom is 0.151 e. The van der Waals surface area contributed by atoms with E-state index in [1.54, 1.807) is 0 Å². The van der Waals surface area contributed by atoms with Crippen LogP contribution in [0.2, 0.25) is 0 Å². The molecule has 0 rings (SSSR count). The first-order valence-corrected chi connectivity index (χ1v) is 7.30. The molecule has 0 aliphatic carbocycles. The molecule has 4 atom stereocenters. The topological polar surface area (TPSA) is 107 Å². The molecule has 4 N–H and O–H groups in total. The lowest BCUT2D eigenvalue weighted by molar-refractivity contribution is -0.150. The maximum atomic E-state index is 10.6. The molecule has 0 spiro atoms. The third kappa shape index (κ3) is 7.91. The van der Waals surface area contributed by atoms with Crippen molar-refractivity contribution in [3.63, 3.8) is 0 Å². The second-order valence-electron chi connectivity index (χ2n) is 4.97. The normalized spacial score (nSPS) is 17.4. The molecule has 0 saturated carbocycles. The number of hydrogen-bond acceptors (Lipinski definition) is 6. The Kier molecular flexibility index (Phi) is 11.9. The van der Waals surface area contributed by atoms with Crippen LogP contribution >= 0.6 is 0 Å². The Bertz CT molecular complexity index is 236. The molecule has 6 nitrogen and oxygen atoms in total. The molecule has 0 aromatic heterocycles. The average Bonchev–Trinajstić information content (AvgIpc) is 2.47. The number of aldehydes is 1. The molecule has 4 unspecified atom stereocenters. The zero-order chi connectivity index (χ0) is 15.4. The number of ether oxygens (including phenoxy) is 1. The summed E-state index contributed by atoms with van der Waals surface area (Å²) in [6.45, 7) is 1.77. The number of hydrogen-bond donors (Lipinski definition) is 4. The second-order valence-corrected chi connectivity index (χ2v) is 4.97. The number of aliphatic hydroxyl groups is 4. The van der Waals surface area contributed by atoms with Crippen molar-refractivity contribution in [1.29, 1.82) is 0 Å². The van der Waals surface area contributed by atoms with E-state index in [0.29, 0.717) is 0 Å². The zero-order valence-electron chi connectivity index (χ0n) is 12.1. The lowest BCUT2D eigenvalue weighted by atomic mass is 10.0. The van der Waals surface area contributed by atoms with Gasteiger partial charge in [0.15, 0.2) is 6.29 Å². The molecule has 0 aliphatic rings. The minimum absolute atomic E-state index is 0.249. The van der Waals surface area contributed by atoms with Gasteiger partial charge in [-0.3, -0.25) is 0 Å². The summed E-state index contributed by atoms with van der Waals surface area (Å²) >= 11 is 0. The van der Waals surface area contributed by atoms with Gasteiger partial charge in [-0.05, 0) is 6.42 Å². The van der Waals surface area contributed by atoms with Gasteiger partial charge in [0, 0.05) is 6.61 Å². The van der Waals surface area contributed by atoms with Crippen LogP contribution in [0.3, 0.4) is 0 Å².